The largest absolute Gasteiger partial charge is 0.497 e. The van der Waals surface area contributed by atoms with Crippen molar-refractivity contribution in [2.45, 2.75) is 19.4 Å². The standard InChI is InChI=1S/C22H22N4O2S2/c1-28-17-8-6-15(7-9-17)21-24-25-22(29)26(21)13-11-20(27)23-12-10-16-14-30-19-5-3-2-4-18(16)19/h2-9,14H,10-13H2,1H3,(H,23,27)(H,25,29). The van der Waals surface area contributed by atoms with Crippen molar-refractivity contribution in [1.82, 2.24) is 20.1 Å². The molecule has 4 aromatic rings. The summed E-state index contributed by atoms with van der Waals surface area (Å²) in [5, 5.41) is 13.6. The van der Waals surface area contributed by atoms with E-state index in [-0.39, 0.29) is 5.91 Å². The minimum Gasteiger partial charge on any atom is -0.497 e. The molecule has 154 valence electrons. The number of thiophene rings is 1. The molecule has 0 fully saturated rings. The summed E-state index contributed by atoms with van der Waals surface area (Å²) in [5.74, 6) is 1.48. The number of aromatic amines is 1. The molecular weight excluding hydrogens is 416 g/mol. The van der Waals surface area contributed by atoms with Crippen molar-refractivity contribution in [2.75, 3.05) is 13.7 Å². The molecule has 0 saturated heterocycles. The fraction of sp³-hybridized carbons (Fsp3) is 0.227. The van der Waals surface area contributed by atoms with Gasteiger partial charge in [-0.15, -0.1) is 11.3 Å². The number of aromatic nitrogens is 3. The highest BCUT2D eigenvalue weighted by Crippen LogP contribution is 2.25. The molecule has 0 unspecified atom stereocenters. The van der Waals surface area contributed by atoms with Gasteiger partial charge < -0.3 is 10.1 Å². The van der Waals surface area contributed by atoms with E-state index in [1.165, 1.54) is 15.6 Å². The Morgan fingerprint density at radius 2 is 2.03 bits per heavy atom. The zero-order chi connectivity index (χ0) is 20.9. The monoisotopic (exact) mass is 438 g/mol. The van der Waals surface area contributed by atoms with E-state index >= 15 is 0 Å². The highest BCUT2D eigenvalue weighted by molar-refractivity contribution is 7.71. The Morgan fingerprint density at radius 3 is 2.83 bits per heavy atom. The zero-order valence-electron chi connectivity index (χ0n) is 16.6. The smallest absolute Gasteiger partial charge is 0.221 e. The third-order valence-electron chi connectivity index (χ3n) is 4.95. The minimum atomic E-state index is -0.00156. The normalized spacial score (nSPS) is 11.0. The first kappa shape index (κ1) is 20.3. The van der Waals surface area contributed by atoms with E-state index in [0.717, 1.165) is 17.7 Å². The van der Waals surface area contributed by atoms with E-state index in [1.807, 2.05) is 41.0 Å². The quantitative estimate of drug-likeness (QED) is 0.395. The molecule has 4 rings (SSSR count). The van der Waals surface area contributed by atoms with Gasteiger partial charge in [-0.1, -0.05) is 18.2 Å². The summed E-state index contributed by atoms with van der Waals surface area (Å²) in [6.07, 6.45) is 1.15. The second-order valence-electron chi connectivity index (χ2n) is 6.84. The molecule has 0 aliphatic rings. The lowest BCUT2D eigenvalue weighted by molar-refractivity contribution is -0.121. The van der Waals surface area contributed by atoms with Crippen molar-refractivity contribution in [3.63, 3.8) is 0 Å². The molecule has 0 radical (unpaired) electrons. The highest BCUT2D eigenvalue weighted by atomic mass is 32.1. The van der Waals surface area contributed by atoms with Crippen LogP contribution in [0.5, 0.6) is 5.75 Å². The van der Waals surface area contributed by atoms with Crippen LogP contribution in [0.25, 0.3) is 21.5 Å². The first-order valence-corrected chi connectivity index (χ1v) is 11.0. The van der Waals surface area contributed by atoms with Crippen LogP contribution in [-0.2, 0) is 17.8 Å². The van der Waals surface area contributed by atoms with Crippen molar-refractivity contribution in [3.8, 4) is 17.1 Å². The van der Waals surface area contributed by atoms with Gasteiger partial charge in [0.2, 0.25) is 5.91 Å². The SMILES string of the molecule is COc1ccc(-c2n[nH]c(=S)n2CCC(=O)NCCc2csc3ccccc23)cc1. The summed E-state index contributed by atoms with van der Waals surface area (Å²) in [7, 11) is 1.63. The molecular formula is C22H22N4O2S2. The second-order valence-corrected chi connectivity index (χ2v) is 8.14. The molecule has 2 heterocycles. The van der Waals surface area contributed by atoms with Crippen LogP contribution >= 0.6 is 23.6 Å². The number of amides is 1. The fourth-order valence-electron chi connectivity index (χ4n) is 3.35. The molecule has 1 amide bonds. The number of rotatable bonds is 8. The average molecular weight is 439 g/mol. The molecule has 0 saturated carbocycles. The predicted octanol–water partition coefficient (Wildman–Crippen LogP) is 4.58. The van der Waals surface area contributed by atoms with Crippen LogP contribution in [0.15, 0.2) is 53.9 Å². The Kier molecular flexibility index (Phi) is 6.25. The fourth-order valence-corrected chi connectivity index (χ4v) is 4.57. The van der Waals surface area contributed by atoms with Gasteiger partial charge in [0.05, 0.1) is 7.11 Å². The van der Waals surface area contributed by atoms with Crippen LogP contribution in [0.4, 0.5) is 0 Å². The average Bonchev–Trinajstić information content (AvgIpc) is 3.36. The summed E-state index contributed by atoms with van der Waals surface area (Å²) in [5.41, 5.74) is 2.18. The van der Waals surface area contributed by atoms with Crippen molar-refractivity contribution in [3.05, 3.63) is 64.2 Å². The Morgan fingerprint density at radius 1 is 1.23 bits per heavy atom. The number of hydrogen-bond acceptors (Lipinski definition) is 5. The number of hydrogen-bond donors (Lipinski definition) is 2. The molecule has 2 aromatic carbocycles. The minimum absolute atomic E-state index is 0.00156. The maximum absolute atomic E-state index is 12.4. The van der Waals surface area contributed by atoms with Gasteiger partial charge in [-0.2, -0.15) is 5.10 Å². The lowest BCUT2D eigenvalue weighted by atomic mass is 10.1. The first-order chi connectivity index (χ1) is 14.7. The van der Waals surface area contributed by atoms with Gasteiger partial charge in [0.1, 0.15) is 5.75 Å². The van der Waals surface area contributed by atoms with Crippen molar-refractivity contribution in [2.24, 2.45) is 0 Å². The number of ether oxygens (including phenoxy) is 1. The van der Waals surface area contributed by atoms with E-state index in [1.54, 1.807) is 18.4 Å². The van der Waals surface area contributed by atoms with E-state index in [9.17, 15) is 4.79 Å². The topological polar surface area (TPSA) is 71.9 Å². The Labute approximate surface area is 183 Å². The lowest BCUT2D eigenvalue weighted by Crippen LogP contribution is -2.26. The van der Waals surface area contributed by atoms with Gasteiger partial charge >= 0.3 is 0 Å². The van der Waals surface area contributed by atoms with Gasteiger partial charge in [-0.25, -0.2) is 0 Å². The Balaban J connectivity index is 1.34. The number of fused-ring (bicyclic) bond motifs is 1. The molecule has 8 heteroatoms. The number of nitrogens with one attached hydrogen (secondary N) is 2. The predicted molar refractivity (Wildman–Crippen MR) is 123 cm³/mol. The van der Waals surface area contributed by atoms with Gasteiger partial charge in [0, 0.05) is 29.8 Å². The third kappa shape index (κ3) is 4.44. The summed E-state index contributed by atoms with van der Waals surface area (Å²) >= 11 is 7.09. The van der Waals surface area contributed by atoms with Crippen LogP contribution in [0, 0.1) is 4.77 Å². The molecule has 0 bridgehead atoms. The van der Waals surface area contributed by atoms with Gasteiger partial charge in [-0.3, -0.25) is 14.5 Å². The van der Waals surface area contributed by atoms with Crippen LogP contribution in [0.2, 0.25) is 0 Å². The van der Waals surface area contributed by atoms with Crippen LogP contribution in [-0.4, -0.2) is 34.3 Å². The van der Waals surface area contributed by atoms with Gasteiger partial charge in [0.25, 0.3) is 0 Å². The molecule has 0 aliphatic carbocycles. The molecule has 0 spiro atoms. The lowest BCUT2D eigenvalue weighted by Gasteiger charge is -2.08. The zero-order valence-corrected chi connectivity index (χ0v) is 18.2. The maximum atomic E-state index is 12.4. The first-order valence-electron chi connectivity index (χ1n) is 9.67. The van der Waals surface area contributed by atoms with E-state index in [0.29, 0.717) is 30.1 Å². The van der Waals surface area contributed by atoms with Crippen molar-refractivity contribution < 1.29 is 9.53 Å². The Bertz CT molecular complexity index is 1210. The van der Waals surface area contributed by atoms with Crippen LogP contribution in [0.3, 0.4) is 0 Å². The maximum Gasteiger partial charge on any atom is 0.221 e. The number of methoxy groups -OCH3 is 1. The second kappa shape index (κ2) is 9.23. The summed E-state index contributed by atoms with van der Waals surface area (Å²) in [4.78, 5) is 12.4. The molecule has 30 heavy (non-hydrogen) atoms. The van der Waals surface area contributed by atoms with E-state index < -0.39 is 0 Å². The number of benzene rings is 2. The van der Waals surface area contributed by atoms with E-state index in [4.69, 9.17) is 17.0 Å². The number of nitrogens with zero attached hydrogens (tertiary/aromatic N) is 2. The van der Waals surface area contributed by atoms with E-state index in [2.05, 4.69) is 33.0 Å². The third-order valence-corrected chi connectivity index (χ3v) is 6.27. The molecule has 6 nitrogen and oxygen atoms in total. The highest BCUT2D eigenvalue weighted by Gasteiger charge is 2.11. The molecule has 0 atom stereocenters. The van der Waals surface area contributed by atoms with Gasteiger partial charge in [0.15, 0.2) is 10.6 Å². The Hall–Kier alpha value is -2.97. The molecule has 2 N–H and O–H groups in total. The van der Waals surface area contributed by atoms with Crippen molar-refractivity contribution >= 4 is 39.5 Å². The van der Waals surface area contributed by atoms with Crippen LogP contribution in [0.1, 0.15) is 12.0 Å². The summed E-state index contributed by atoms with van der Waals surface area (Å²) in [6.45, 7) is 1.07. The van der Waals surface area contributed by atoms with Crippen molar-refractivity contribution in [1.29, 1.82) is 0 Å². The number of carbonyl (C=O) groups excluding carboxylic acids is 1. The summed E-state index contributed by atoms with van der Waals surface area (Å²) < 4.78 is 8.83. The number of H-pyrrole nitrogens is 1. The summed E-state index contributed by atoms with van der Waals surface area (Å²) in [6, 6.07) is 15.9. The molecule has 2 aromatic heterocycles. The van der Waals surface area contributed by atoms with Gasteiger partial charge in [-0.05, 0) is 65.3 Å². The molecule has 0 aliphatic heterocycles. The van der Waals surface area contributed by atoms with Crippen LogP contribution < -0.4 is 10.1 Å². The number of carbonyl (C=O) groups is 1.